The summed E-state index contributed by atoms with van der Waals surface area (Å²) in [5.74, 6) is 0.732. The van der Waals surface area contributed by atoms with Crippen LogP contribution in [0.1, 0.15) is 34.6 Å². The van der Waals surface area contributed by atoms with Gasteiger partial charge in [0.05, 0.1) is 17.9 Å². The Labute approximate surface area is 178 Å². The first-order valence-corrected chi connectivity index (χ1v) is 10.3. The molecule has 1 heterocycles. The molecule has 1 aliphatic heterocycles. The Morgan fingerprint density at radius 2 is 1.86 bits per heavy atom. The van der Waals surface area contributed by atoms with Crippen molar-refractivity contribution in [1.29, 1.82) is 0 Å². The summed E-state index contributed by atoms with van der Waals surface area (Å²) in [6.07, 6.45) is -0.294. The number of hydrogen-bond donors (Lipinski definition) is 1. The van der Waals surface area contributed by atoms with Crippen molar-refractivity contribution in [1.82, 2.24) is 0 Å². The van der Waals surface area contributed by atoms with Crippen molar-refractivity contribution in [2.45, 2.75) is 20.0 Å². The monoisotopic (exact) mass is 484 g/mol. The molecule has 4 nitrogen and oxygen atoms in total. The maximum Gasteiger partial charge on any atom is 0.262 e. The van der Waals surface area contributed by atoms with E-state index in [-0.39, 0.29) is 12.1 Å². The molecule has 0 saturated heterocycles. The van der Waals surface area contributed by atoms with Crippen LogP contribution in [0.15, 0.2) is 66.7 Å². The first kappa shape index (κ1) is 18.8. The van der Waals surface area contributed by atoms with E-state index in [0.717, 1.165) is 26.3 Å². The number of amides is 1. The van der Waals surface area contributed by atoms with Crippen molar-refractivity contribution < 1.29 is 9.53 Å². The van der Waals surface area contributed by atoms with E-state index >= 15 is 0 Å². The van der Waals surface area contributed by atoms with Crippen molar-refractivity contribution in [2.75, 3.05) is 16.8 Å². The molecule has 0 unspecified atom stereocenters. The average Bonchev–Trinajstić information content (AvgIpc) is 2.69. The number of halogens is 1. The summed E-state index contributed by atoms with van der Waals surface area (Å²) in [5.41, 5.74) is 4.56. The Bertz CT molecular complexity index is 1020. The number of aryl methyl sites for hydroxylation is 1. The van der Waals surface area contributed by atoms with Crippen LogP contribution in [-0.2, 0) is 0 Å². The lowest BCUT2D eigenvalue weighted by Gasteiger charge is -2.38. The molecule has 142 valence electrons. The van der Waals surface area contributed by atoms with Crippen LogP contribution in [0.2, 0.25) is 0 Å². The number of nitrogens with zero attached hydrogens (tertiary/aromatic N) is 1. The second-order valence-electron chi connectivity index (χ2n) is 6.75. The third kappa shape index (κ3) is 3.58. The quantitative estimate of drug-likeness (QED) is 0.479. The molecule has 1 amide bonds. The van der Waals surface area contributed by atoms with Gasteiger partial charge >= 0.3 is 0 Å². The molecule has 0 fully saturated rings. The van der Waals surface area contributed by atoms with Gasteiger partial charge in [0.2, 0.25) is 0 Å². The summed E-state index contributed by atoms with van der Waals surface area (Å²) in [6.45, 7) is 4.59. The molecule has 1 N–H and O–H groups in total. The molecule has 0 aromatic heterocycles. The maximum absolute atomic E-state index is 13.5. The lowest BCUT2D eigenvalue weighted by molar-refractivity contribution is 0.0975. The zero-order valence-corrected chi connectivity index (χ0v) is 17.9. The minimum absolute atomic E-state index is 0.0218. The first-order chi connectivity index (χ1) is 13.6. The Morgan fingerprint density at radius 3 is 2.61 bits per heavy atom. The van der Waals surface area contributed by atoms with E-state index < -0.39 is 0 Å². The molecule has 28 heavy (non-hydrogen) atoms. The van der Waals surface area contributed by atoms with Gasteiger partial charge in [-0.1, -0.05) is 35.9 Å². The van der Waals surface area contributed by atoms with Gasteiger partial charge < -0.3 is 10.1 Å². The number of ether oxygens (including phenoxy) is 1. The van der Waals surface area contributed by atoms with Gasteiger partial charge in [0, 0.05) is 15.3 Å². The molecule has 4 rings (SSSR count). The number of hydrogen-bond acceptors (Lipinski definition) is 3. The van der Waals surface area contributed by atoms with Gasteiger partial charge in [-0.3, -0.25) is 9.69 Å². The van der Waals surface area contributed by atoms with Crippen LogP contribution in [0, 0.1) is 10.5 Å². The van der Waals surface area contributed by atoms with Gasteiger partial charge in [0.15, 0.2) is 0 Å². The summed E-state index contributed by atoms with van der Waals surface area (Å²) in [4.78, 5) is 15.3. The predicted molar refractivity (Wildman–Crippen MR) is 121 cm³/mol. The van der Waals surface area contributed by atoms with Gasteiger partial charge in [0.25, 0.3) is 5.91 Å². The number of rotatable bonds is 4. The number of carbonyl (C=O) groups is 1. The van der Waals surface area contributed by atoms with Crippen LogP contribution >= 0.6 is 22.6 Å². The third-order valence-corrected chi connectivity index (χ3v) is 5.45. The van der Waals surface area contributed by atoms with Gasteiger partial charge in [-0.05, 0) is 72.3 Å². The summed E-state index contributed by atoms with van der Waals surface area (Å²) in [5, 5.41) is 3.55. The highest BCUT2D eigenvalue weighted by Crippen LogP contribution is 2.38. The molecule has 0 saturated carbocycles. The Balaban J connectivity index is 1.84. The van der Waals surface area contributed by atoms with Crippen molar-refractivity contribution in [3.8, 4) is 5.75 Å². The van der Waals surface area contributed by atoms with Crippen LogP contribution in [-0.4, -0.2) is 12.5 Å². The van der Waals surface area contributed by atoms with E-state index in [0.29, 0.717) is 12.2 Å². The fourth-order valence-electron chi connectivity index (χ4n) is 3.42. The van der Waals surface area contributed by atoms with Crippen LogP contribution in [0.5, 0.6) is 5.75 Å². The third-order valence-electron chi connectivity index (χ3n) is 4.78. The SMILES string of the molecule is CCOc1cccc(N2C(=O)c3cc(I)ccc3N[C@H]2c2ccc(C)cc2)c1. The Morgan fingerprint density at radius 1 is 1.07 bits per heavy atom. The van der Waals surface area contributed by atoms with Gasteiger partial charge in [-0.2, -0.15) is 0 Å². The molecule has 5 heteroatoms. The highest BCUT2D eigenvalue weighted by atomic mass is 127. The summed E-state index contributed by atoms with van der Waals surface area (Å²) < 4.78 is 6.69. The largest absolute Gasteiger partial charge is 0.494 e. The van der Waals surface area contributed by atoms with E-state index in [4.69, 9.17) is 4.74 Å². The topological polar surface area (TPSA) is 41.6 Å². The van der Waals surface area contributed by atoms with Crippen molar-refractivity contribution >= 4 is 39.9 Å². The summed E-state index contributed by atoms with van der Waals surface area (Å²) >= 11 is 2.24. The van der Waals surface area contributed by atoms with Crippen LogP contribution < -0.4 is 15.0 Å². The minimum Gasteiger partial charge on any atom is -0.494 e. The number of carbonyl (C=O) groups excluding carboxylic acids is 1. The Kier molecular flexibility index (Phi) is 5.26. The van der Waals surface area contributed by atoms with Gasteiger partial charge in [0.1, 0.15) is 11.9 Å². The van der Waals surface area contributed by atoms with Crippen LogP contribution in [0.25, 0.3) is 0 Å². The van der Waals surface area contributed by atoms with Gasteiger partial charge in [-0.25, -0.2) is 0 Å². The lowest BCUT2D eigenvalue weighted by Crippen LogP contribution is -2.43. The average molecular weight is 484 g/mol. The Hall–Kier alpha value is -2.54. The molecule has 0 radical (unpaired) electrons. The molecule has 3 aromatic rings. The van der Waals surface area contributed by atoms with Crippen LogP contribution in [0.3, 0.4) is 0 Å². The molecule has 0 bridgehead atoms. The maximum atomic E-state index is 13.5. The highest BCUT2D eigenvalue weighted by molar-refractivity contribution is 14.1. The number of anilines is 2. The van der Waals surface area contributed by atoms with Crippen molar-refractivity contribution in [3.63, 3.8) is 0 Å². The number of nitrogens with one attached hydrogen (secondary N) is 1. The van der Waals surface area contributed by atoms with Crippen molar-refractivity contribution in [2.24, 2.45) is 0 Å². The molecule has 1 atom stereocenters. The molecular formula is C23H21IN2O2. The summed E-state index contributed by atoms with van der Waals surface area (Å²) in [7, 11) is 0. The van der Waals surface area contributed by atoms with Gasteiger partial charge in [-0.15, -0.1) is 0 Å². The number of benzene rings is 3. The zero-order valence-electron chi connectivity index (χ0n) is 15.8. The molecular weight excluding hydrogens is 463 g/mol. The highest BCUT2D eigenvalue weighted by Gasteiger charge is 2.34. The van der Waals surface area contributed by atoms with Crippen molar-refractivity contribution in [3.05, 3.63) is 87.0 Å². The van der Waals surface area contributed by atoms with E-state index in [1.54, 1.807) is 0 Å². The second kappa shape index (κ2) is 7.83. The summed E-state index contributed by atoms with van der Waals surface area (Å²) in [6, 6.07) is 21.9. The standard InChI is InChI=1S/C23H21IN2O2/c1-3-28-19-6-4-5-18(14-19)26-22(16-9-7-15(2)8-10-16)25-21-12-11-17(24)13-20(21)23(26)27/h4-14,22,25H,3H2,1-2H3/t22-/m1/s1. The smallest absolute Gasteiger partial charge is 0.262 e. The predicted octanol–water partition coefficient (Wildman–Crippen LogP) is 5.77. The van der Waals surface area contributed by atoms with E-state index in [2.05, 4.69) is 59.1 Å². The molecule has 3 aromatic carbocycles. The zero-order chi connectivity index (χ0) is 19.7. The minimum atomic E-state index is -0.294. The number of fused-ring (bicyclic) bond motifs is 1. The molecule has 0 spiro atoms. The fraction of sp³-hybridized carbons (Fsp3) is 0.174. The molecule has 1 aliphatic rings. The van der Waals surface area contributed by atoms with E-state index in [9.17, 15) is 4.79 Å². The molecule has 0 aliphatic carbocycles. The van der Waals surface area contributed by atoms with E-state index in [1.165, 1.54) is 5.56 Å². The lowest BCUT2D eigenvalue weighted by atomic mass is 10.0. The fourth-order valence-corrected chi connectivity index (χ4v) is 3.91. The van der Waals surface area contributed by atoms with E-state index in [1.807, 2.05) is 54.3 Å². The second-order valence-corrected chi connectivity index (χ2v) is 8.00. The van der Waals surface area contributed by atoms with Crippen LogP contribution in [0.4, 0.5) is 11.4 Å². The normalized spacial score (nSPS) is 15.8. The first-order valence-electron chi connectivity index (χ1n) is 9.26.